The van der Waals surface area contributed by atoms with E-state index in [1.54, 1.807) is 9.47 Å². The van der Waals surface area contributed by atoms with Crippen molar-refractivity contribution in [2.24, 2.45) is 0 Å². The summed E-state index contributed by atoms with van der Waals surface area (Å²) in [6, 6.07) is 11.8. The van der Waals surface area contributed by atoms with Crippen LogP contribution in [-0.4, -0.2) is 28.5 Å². The minimum absolute atomic E-state index is 0.0331. The second-order valence-electron chi connectivity index (χ2n) is 7.35. The van der Waals surface area contributed by atoms with Crippen LogP contribution >= 0.6 is 22.7 Å². The summed E-state index contributed by atoms with van der Waals surface area (Å²) in [6.07, 6.45) is 3.71. The van der Waals surface area contributed by atoms with Gasteiger partial charge in [0.05, 0.1) is 10.2 Å². The number of nitriles is 1. The Bertz CT molecular complexity index is 1320. The number of aromatic nitrogens is 1. The van der Waals surface area contributed by atoms with Crippen molar-refractivity contribution in [3.8, 4) is 11.8 Å². The molecule has 5 nitrogen and oxygen atoms in total. The predicted octanol–water partition coefficient (Wildman–Crippen LogP) is 2.70. The number of nitrogens with zero attached hydrogens (tertiary/aromatic N) is 3. The maximum absolute atomic E-state index is 13.4. The predicted molar refractivity (Wildman–Crippen MR) is 121 cm³/mol. The molecular formula is C23H21N3O2S2. The maximum Gasteiger partial charge on any atom is 0.273 e. The smallest absolute Gasteiger partial charge is 0.273 e. The molecule has 7 heteroatoms. The molecule has 0 radical (unpaired) electrons. The second kappa shape index (κ2) is 8.42. The lowest BCUT2D eigenvalue weighted by atomic mass is 10.1. The van der Waals surface area contributed by atoms with Crippen LogP contribution in [0.25, 0.3) is 17.3 Å². The number of benzene rings is 1. The van der Waals surface area contributed by atoms with Crippen LogP contribution in [0, 0.1) is 25.2 Å². The monoisotopic (exact) mass is 435 g/mol. The average molecular weight is 436 g/mol. The zero-order chi connectivity index (χ0) is 21.3. The molecule has 1 saturated heterocycles. The van der Waals surface area contributed by atoms with Gasteiger partial charge in [-0.05, 0) is 61.4 Å². The van der Waals surface area contributed by atoms with Crippen LogP contribution < -0.4 is 14.8 Å². The number of carbonyl (C=O) groups is 1. The van der Waals surface area contributed by atoms with E-state index in [0.717, 1.165) is 28.8 Å². The first-order valence-electron chi connectivity index (χ1n) is 9.78. The van der Waals surface area contributed by atoms with Crippen molar-refractivity contribution >= 4 is 40.2 Å². The maximum atomic E-state index is 13.4. The summed E-state index contributed by atoms with van der Waals surface area (Å²) in [7, 11) is 0. The molecule has 0 unspecified atom stereocenters. The lowest BCUT2D eigenvalue weighted by Crippen LogP contribution is -2.35. The fourth-order valence-electron chi connectivity index (χ4n) is 3.60. The third-order valence-corrected chi connectivity index (χ3v) is 7.09. The van der Waals surface area contributed by atoms with E-state index in [-0.39, 0.29) is 17.0 Å². The van der Waals surface area contributed by atoms with Crippen molar-refractivity contribution in [3.63, 3.8) is 0 Å². The SMILES string of the molecule is Cc1ccc(C)c(-n2c(=O)/c(=C\c3cccs3)s/c2=C(\C#N)C(=O)N2CCCC2)c1. The van der Waals surface area contributed by atoms with Crippen LogP contribution in [0.2, 0.25) is 0 Å². The van der Waals surface area contributed by atoms with Crippen molar-refractivity contribution in [1.82, 2.24) is 9.47 Å². The molecule has 1 aromatic carbocycles. The van der Waals surface area contributed by atoms with E-state index >= 15 is 0 Å². The third kappa shape index (κ3) is 3.76. The third-order valence-electron chi connectivity index (χ3n) is 5.18. The molecule has 2 aromatic heterocycles. The zero-order valence-electron chi connectivity index (χ0n) is 16.8. The topological polar surface area (TPSA) is 66.1 Å². The molecule has 0 N–H and O–H groups in total. The lowest BCUT2D eigenvalue weighted by Gasteiger charge is -2.14. The van der Waals surface area contributed by atoms with Crippen LogP contribution in [0.1, 0.15) is 28.8 Å². The summed E-state index contributed by atoms with van der Waals surface area (Å²) in [4.78, 5) is 29.2. The summed E-state index contributed by atoms with van der Waals surface area (Å²) >= 11 is 2.75. The molecule has 1 fully saturated rings. The Balaban J connectivity index is 2.06. The van der Waals surface area contributed by atoms with E-state index in [4.69, 9.17) is 0 Å². The minimum atomic E-state index is -0.294. The highest BCUT2D eigenvalue weighted by atomic mass is 32.1. The highest BCUT2D eigenvalue weighted by Gasteiger charge is 2.24. The molecule has 0 bridgehead atoms. The number of amides is 1. The molecular weight excluding hydrogens is 414 g/mol. The van der Waals surface area contributed by atoms with Crippen molar-refractivity contribution in [3.05, 3.63) is 71.3 Å². The molecule has 1 amide bonds. The fraction of sp³-hybridized carbons (Fsp3) is 0.261. The quantitative estimate of drug-likeness (QED) is 0.635. The first-order valence-corrected chi connectivity index (χ1v) is 11.5. The molecule has 0 aliphatic carbocycles. The minimum Gasteiger partial charge on any atom is -0.338 e. The Kier molecular flexibility index (Phi) is 5.71. The zero-order valence-corrected chi connectivity index (χ0v) is 18.5. The lowest BCUT2D eigenvalue weighted by molar-refractivity contribution is -0.123. The fourth-order valence-corrected chi connectivity index (χ4v) is 5.41. The van der Waals surface area contributed by atoms with Crippen molar-refractivity contribution < 1.29 is 4.79 Å². The standard InChI is InChI=1S/C23H21N3O2S2/c1-15-7-8-16(2)19(12-15)26-22(28)20(13-17-6-5-11-29-17)30-23(26)18(14-24)21(27)25-9-3-4-10-25/h5-8,11-13H,3-4,9-10H2,1-2H3/b20-13+,23-18+. The van der Waals surface area contributed by atoms with Gasteiger partial charge in [-0.25, -0.2) is 0 Å². The van der Waals surface area contributed by atoms with E-state index in [2.05, 4.69) is 6.07 Å². The van der Waals surface area contributed by atoms with Gasteiger partial charge in [0.1, 0.15) is 10.7 Å². The van der Waals surface area contributed by atoms with Gasteiger partial charge in [-0.3, -0.25) is 14.2 Å². The van der Waals surface area contributed by atoms with Gasteiger partial charge in [-0.2, -0.15) is 5.26 Å². The number of aryl methyl sites for hydroxylation is 2. The van der Waals surface area contributed by atoms with Crippen LogP contribution in [-0.2, 0) is 4.79 Å². The van der Waals surface area contributed by atoms with Crippen LogP contribution in [0.4, 0.5) is 0 Å². The second-order valence-corrected chi connectivity index (χ2v) is 9.36. The first-order chi connectivity index (χ1) is 14.5. The van der Waals surface area contributed by atoms with Crippen molar-refractivity contribution in [2.45, 2.75) is 26.7 Å². The van der Waals surface area contributed by atoms with Crippen molar-refractivity contribution in [2.75, 3.05) is 13.1 Å². The molecule has 1 aliphatic heterocycles. The van der Waals surface area contributed by atoms with Gasteiger partial charge in [-0.15, -0.1) is 22.7 Å². The van der Waals surface area contributed by atoms with Gasteiger partial charge in [-0.1, -0.05) is 18.2 Å². The Morgan fingerprint density at radius 3 is 2.63 bits per heavy atom. The Hall–Kier alpha value is -2.95. The Labute approximate surface area is 182 Å². The molecule has 0 spiro atoms. The molecule has 4 rings (SSSR count). The Morgan fingerprint density at radius 2 is 1.97 bits per heavy atom. The first kappa shape index (κ1) is 20.3. The van der Waals surface area contributed by atoms with Crippen LogP contribution in [0.15, 0.2) is 40.5 Å². The van der Waals surface area contributed by atoms with E-state index in [0.29, 0.717) is 28.0 Å². The Morgan fingerprint density at radius 1 is 1.20 bits per heavy atom. The number of thiazole rings is 1. The van der Waals surface area contributed by atoms with E-state index < -0.39 is 0 Å². The average Bonchev–Trinajstić information content (AvgIpc) is 3.48. The van der Waals surface area contributed by atoms with Gasteiger partial charge in [0.15, 0.2) is 5.57 Å². The van der Waals surface area contributed by atoms with Crippen LogP contribution in [0.5, 0.6) is 0 Å². The highest BCUT2D eigenvalue weighted by molar-refractivity contribution is 7.11. The molecule has 0 saturated carbocycles. The summed E-state index contributed by atoms with van der Waals surface area (Å²) in [6.45, 7) is 5.19. The summed E-state index contributed by atoms with van der Waals surface area (Å²) < 4.78 is 2.45. The number of rotatable bonds is 3. The van der Waals surface area contributed by atoms with Gasteiger partial charge in [0.25, 0.3) is 11.5 Å². The summed E-state index contributed by atoms with van der Waals surface area (Å²) in [5.41, 5.74) is 2.45. The van der Waals surface area contributed by atoms with Crippen LogP contribution in [0.3, 0.4) is 0 Å². The van der Waals surface area contributed by atoms with E-state index in [9.17, 15) is 14.9 Å². The van der Waals surface area contributed by atoms with Crippen molar-refractivity contribution in [1.29, 1.82) is 5.26 Å². The molecule has 152 valence electrons. The number of carbonyl (C=O) groups excluding carboxylic acids is 1. The molecule has 30 heavy (non-hydrogen) atoms. The van der Waals surface area contributed by atoms with E-state index in [1.165, 1.54) is 22.7 Å². The highest BCUT2D eigenvalue weighted by Crippen LogP contribution is 2.15. The number of hydrogen-bond donors (Lipinski definition) is 0. The van der Waals surface area contributed by atoms with Gasteiger partial charge < -0.3 is 4.90 Å². The molecule has 3 heterocycles. The number of hydrogen-bond acceptors (Lipinski definition) is 5. The normalized spacial score (nSPS) is 15.4. The van der Waals surface area contributed by atoms with Gasteiger partial charge >= 0.3 is 0 Å². The molecule has 3 aromatic rings. The van der Waals surface area contributed by atoms with Gasteiger partial charge in [0, 0.05) is 18.0 Å². The van der Waals surface area contributed by atoms with E-state index in [1.807, 2.05) is 55.6 Å². The number of likely N-dealkylation sites (tertiary alicyclic amines) is 1. The largest absolute Gasteiger partial charge is 0.338 e. The summed E-state index contributed by atoms with van der Waals surface area (Å²) in [5.74, 6) is -0.294. The van der Waals surface area contributed by atoms with Gasteiger partial charge in [0.2, 0.25) is 0 Å². The molecule has 0 atom stereocenters. The summed E-state index contributed by atoms with van der Waals surface area (Å²) in [5, 5.41) is 11.9. The molecule has 1 aliphatic rings. The number of thiophene rings is 1.